The highest BCUT2D eigenvalue weighted by atomic mass is 79.9. The van der Waals surface area contributed by atoms with Gasteiger partial charge in [0.1, 0.15) is 0 Å². The fourth-order valence-electron chi connectivity index (χ4n) is 2.35. The SMILES string of the molecule is CNCCc1ccc(CN(C)Cc2ccc(Br)cc2)cc1. The lowest BCUT2D eigenvalue weighted by Crippen LogP contribution is -2.17. The van der Waals surface area contributed by atoms with Crippen LogP contribution in [0.1, 0.15) is 16.7 Å². The molecule has 0 atom stereocenters. The average Bonchev–Trinajstić information content (AvgIpc) is 2.49. The van der Waals surface area contributed by atoms with E-state index in [1.165, 1.54) is 16.7 Å². The van der Waals surface area contributed by atoms with Gasteiger partial charge in [0, 0.05) is 17.6 Å². The number of hydrogen-bond acceptors (Lipinski definition) is 2. The van der Waals surface area contributed by atoms with Crippen LogP contribution < -0.4 is 5.32 Å². The summed E-state index contributed by atoms with van der Waals surface area (Å²) in [6.07, 6.45) is 1.09. The molecule has 0 unspecified atom stereocenters. The molecule has 0 aliphatic rings. The first-order chi connectivity index (χ1) is 10.2. The highest BCUT2D eigenvalue weighted by Crippen LogP contribution is 2.13. The van der Waals surface area contributed by atoms with Gasteiger partial charge in [0.15, 0.2) is 0 Å². The minimum absolute atomic E-state index is 0.967. The molecule has 0 heterocycles. The molecule has 0 aliphatic carbocycles. The first-order valence-electron chi connectivity index (χ1n) is 7.33. The summed E-state index contributed by atoms with van der Waals surface area (Å²) in [5.74, 6) is 0. The summed E-state index contributed by atoms with van der Waals surface area (Å²) in [6.45, 7) is 2.97. The zero-order valence-corrected chi connectivity index (χ0v) is 14.4. The number of nitrogens with one attached hydrogen (secondary N) is 1. The topological polar surface area (TPSA) is 15.3 Å². The molecular weight excluding hydrogens is 324 g/mol. The van der Waals surface area contributed by atoms with E-state index < -0.39 is 0 Å². The minimum atomic E-state index is 0.967. The lowest BCUT2D eigenvalue weighted by molar-refractivity contribution is 0.319. The lowest BCUT2D eigenvalue weighted by Gasteiger charge is -2.17. The Bertz CT molecular complexity index is 534. The van der Waals surface area contributed by atoms with E-state index in [9.17, 15) is 0 Å². The van der Waals surface area contributed by atoms with Gasteiger partial charge in [-0.25, -0.2) is 0 Å². The third-order valence-electron chi connectivity index (χ3n) is 3.50. The Labute approximate surface area is 136 Å². The van der Waals surface area contributed by atoms with Crippen molar-refractivity contribution >= 4 is 15.9 Å². The summed E-state index contributed by atoms with van der Waals surface area (Å²) in [5, 5.41) is 3.18. The van der Waals surface area contributed by atoms with Crippen LogP contribution in [0.5, 0.6) is 0 Å². The summed E-state index contributed by atoms with van der Waals surface area (Å²) < 4.78 is 1.13. The van der Waals surface area contributed by atoms with Crippen molar-refractivity contribution in [3.8, 4) is 0 Å². The Morgan fingerprint density at radius 3 is 1.86 bits per heavy atom. The van der Waals surface area contributed by atoms with Crippen molar-refractivity contribution in [3.05, 3.63) is 69.7 Å². The Morgan fingerprint density at radius 2 is 1.33 bits per heavy atom. The predicted octanol–water partition coefficient (Wildman–Crippen LogP) is 3.84. The van der Waals surface area contributed by atoms with Crippen LogP contribution in [0.3, 0.4) is 0 Å². The van der Waals surface area contributed by atoms with Gasteiger partial charge in [-0.3, -0.25) is 4.90 Å². The van der Waals surface area contributed by atoms with Gasteiger partial charge >= 0.3 is 0 Å². The van der Waals surface area contributed by atoms with E-state index in [4.69, 9.17) is 0 Å². The second-order valence-electron chi connectivity index (χ2n) is 5.47. The Morgan fingerprint density at radius 1 is 0.857 bits per heavy atom. The number of nitrogens with zero attached hydrogens (tertiary/aromatic N) is 1. The largest absolute Gasteiger partial charge is 0.319 e. The highest BCUT2D eigenvalue weighted by Gasteiger charge is 2.02. The number of halogens is 1. The molecule has 0 radical (unpaired) electrons. The van der Waals surface area contributed by atoms with E-state index in [0.717, 1.165) is 30.5 Å². The molecule has 0 saturated heterocycles. The Hall–Kier alpha value is -1.16. The van der Waals surface area contributed by atoms with E-state index in [-0.39, 0.29) is 0 Å². The van der Waals surface area contributed by atoms with Crippen LogP contribution in [0.15, 0.2) is 53.0 Å². The standard InChI is InChI=1S/C18H23BrN2/c1-20-12-11-15-3-5-16(6-4-15)13-21(2)14-17-7-9-18(19)10-8-17/h3-10,20H,11-14H2,1-2H3. The molecule has 3 heteroatoms. The predicted molar refractivity (Wildman–Crippen MR) is 93.4 cm³/mol. The first-order valence-corrected chi connectivity index (χ1v) is 8.12. The van der Waals surface area contributed by atoms with E-state index >= 15 is 0 Å². The monoisotopic (exact) mass is 346 g/mol. The zero-order valence-electron chi connectivity index (χ0n) is 12.8. The number of hydrogen-bond donors (Lipinski definition) is 1. The smallest absolute Gasteiger partial charge is 0.0234 e. The maximum absolute atomic E-state index is 3.47. The Balaban J connectivity index is 1.87. The van der Waals surface area contributed by atoms with Crippen molar-refractivity contribution in [2.24, 2.45) is 0 Å². The van der Waals surface area contributed by atoms with E-state index in [1.807, 2.05) is 7.05 Å². The van der Waals surface area contributed by atoms with Crippen LogP contribution in [0.2, 0.25) is 0 Å². The molecule has 0 saturated carbocycles. The first kappa shape index (κ1) is 16.2. The molecule has 1 N–H and O–H groups in total. The molecule has 2 aromatic rings. The van der Waals surface area contributed by atoms with Crippen molar-refractivity contribution in [1.82, 2.24) is 10.2 Å². The summed E-state index contributed by atoms with van der Waals surface area (Å²) in [6, 6.07) is 17.5. The molecule has 21 heavy (non-hydrogen) atoms. The molecule has 112 valence electrons. The van der Waals surface area contributed by atoms with Crippen molar-refractivity contribution < 1.29 is 0 Å². The Kier molecular flexibility index (Phi) is 6.43. The third kappa shape index (κ3) is 5.62. The van der Waals surface area contributed by atoms with E-state index in [0.29, 0.717) is 0 Å². The van der Waals surface area contributed by atoms with Crippen LogP contribution in [0.4, 0.5) is 0 Å². The fourth-order valence-corrected chi connectivity index (χ4v) is 2.61. The van der Waals surface area contributed by atoms with Crippen LogP contribution in [-0.2, 0) is 19.5 Å². The molecule has 0 spiro atoms. The van der Waals surface area contributed by atoms with Gasteiger partial charge < -0.3 is 5.32 Å². The lowest BCUT2D eigenvalue weighted by atomic mass is 10.1. The summed E-state index contributed by atoms with van der Waals surface area (Å²) in [5.41, 5.74) is 4.10. The van der Waals surface area contributed by atoms with Gasteiger partial charge in [0.05, 0.1) is 0 Å². The van der Waals surface area contributed by atoms with Gasteiger partial charge in [-0.15, -0.1) is 0 Å². The van der Waals surface area contributed by atoms with Crippen molar-refractivity contribution in [1.29, 1.82) is 0 Å². The van der Waals surface area contributed by atoms with Gasteiger partial charge in [0.25, 0.3) is 0 Å². The van der Waals surface area contributed by atoms with Gasteiger partial charge in [-0.05, 0) is 55.9 Å². The van der Waals surface area contributed by atoms with E-state index in [1.54, 1.807) is 0 Å². The molecule has 2 nitrogen and oxygen atoms in total. The molecule has 0 fully saturated rings. The van der Waals surface area contributed by atoms with Crippen LogP contribution in [0.25, 0.3) is 0 Å². The summed E-state index contributed by atoms with van der Waals surface area (Å²) >= 11 is 3.47. The van der Waals surface area contributed by atoms with Gasteiger partial charge in [-0.2, -0.15) is 0 Å². The highest BCUT2D eigenvalue weighted by molar-refractivity contribution is 9.10. The fraction of sp³-hybridized carbons (Fsp3) is 0.333. The third-order valence-corrected chi connectivity index (χ3v) is 4.03. The van der Waals surface area contributed by atoms with Crippen LogP contribution in [-0.4, -0.2) is 25.5 Å². The average molecular weight is 347 g/mol. The molecular formula is C18H23BrN2. The molecule has 0 amide bonds. The van der Waals surface area contributed by atoms with Gasteiger partial charge in [0.2, 0.25) is 0 Å². The number of likely N-dealkylation sites (N-methyl/N-ethyl adjacent to an activating group) is 1. The minimum Gasteiger partial charge on any atom is -0.319 e. The zero-order chi connectivity index (χ0) is 15.1. The summed E-state index contributed by atoms with van der Waals surface area (Å²) in [7, 11) is 4.16. The second kappa shape index (κ2) is 8.32. The summed E-state index contributed by atoms with van der Waals surface area (Å²) in [4.78, 5) is 2.34. The maximum atomic E-state index is 3.47. The van der Waals surface area contributed by atoms with E-state index in [2.05, 4.69) is 81.7 Å². The maximum Gasteiger partial charge on any atom is 0.0234 e. The van der Waals surface area contributed by atoms with Crippen LogP contribution >= 0.6 is 15.9 Å². The molecule has 0 aromatic heterocycles. The quantitative estimate of drug-likeness (QED) is 0.819. The molecule has 0 aliphatic heterocycles. The second-order valence-corrected chi connectivity index (χ2v) is 6.38. The molecule has 0 bridgehead atoms. The number of rotatable bonds is 7. The van der Waals surface area contributed by atoms with Crippen LogP contribution in [0, 0.1) is 0 Å². The molecule has 2 aromatic carbocycles. The normalized spacial score (nSPS) is 11.0. The van der Waals surface area contributed by atoms with Gasteiger partial charge in [-0.1, -0.05) is 52.3 Å². The molecule has 2 rings (SSSR count). The number of benzene rings is 2. The van der Waals surface area contributed by atoms with Crippen molar-refractivity contribution in [3.63, 3.8) is 0 Å². The van der Waals surface area contributed by atoms with Crippen molar-refractivity contribution in [2.45, 2.75) is 19.5 Å². The van der Waals surface area contributed by atoms with Crippen molar-refractivity contribution in [2.75, 3.05) is 20.6 Å².